The van der Waals surface area contributed by atoms with Gasteiger partial charge in [0.05, 0.1) is 31.3 Å². The number of nitrogens with two attached hydrogens (primary N) is 1. The van der Waals surface area contributed by atoms with Crippen molar-refractivity contribution >= 4 is 16.6 Å². The molecule has 4 aromatic rings. The number of phenols is 1. The zero-order valence-electron chi connectivity index (χ0n) is 17.5. The van der Waals surface area contributed by atoms with E-state index < -0.39 is 11.2 Å². The van der Waals surface area contributed by atoms with Crippen LogP contribution >= 0.6 is 0 Å². The number of aromatic hydroxyl groups is 1. The maximum absolute atomic E-state index is 13.3. The number of methoxy groups -OCH3 is 1. The first-order valence-corrected chi connectivity index (χ1v) is 10.0. The fraction of sp³-hybridized carbons (Fsp3) is 0.167. The van der Waals surface area contributed by atoms with Gasteiger partial charge in [0.15, 0.2) is 0 Å². The summed E-state index contributed by atoms with van der Waals surface area (Å²) >= 11 is 0. The molecule has 0 aliphatic heterocycles. The SMILES string of the molecule is COc1ccc(Cn2c(=O)c3cccc(O)c3n(CCOc3ccccc3N)c2=O)cc1. The first-order chi connectivity index (χ1) is 15.5. The topological polar surface area (TPSA) is 109 Å². The molecule has 32 heavy (non-hydrogen) atoms. The fourth-order valence-corrected chi connectivity index (χ4v) is 3.58. The van der Waals surface area contributed by atoms with E-state index in [2.05, 4.69) is 0 Å². The van der Waals surface area contributed by atoms with E-state index >= 15 is 0 Å². The Balaban J connectivity index is 1.74. The van der Waals surface area contributed by atoms with E-state index in [1.165, 1.54) is 10.6 Å². The first-order valence-electron chi connectivity index (χ1n) is 10.0. The van der Waals surface area contributed by atoms with Crippen LogP contribution in [0.1, 0.15) is 5.56 Å². The van der Waals surface area contributed by atoms with E-state index in [9.17, 15) is 14.7 Å². The molecule has 0 aliphatic carbocycles. The number of anilines is 1. The van der Waals surface area contributed by atoms with E-state index in [1.54, 1.807) is 67.8 Å². The molecule has 0 saturated heterocycles. The summed E-state index contributed by atoms with van der Waals surface area (Å²) in [7, 11) is 1.57. The Labute approximate surface area is 183 Å². The Morgan fingerprint density at radius 1 is 0.938 bits per heavy atom. The maximum atomic E-state index is 13.3. The Bertz CT molecular complexity index is 1370. The predicted molar refractivity (Wildman–Crippen MR) is 123 cm³/mol. The lowest BCUT2D eigenvalue weighted by atomic mass is 10.2. The summed E-state index contributed by atoms with van der Waals surface area (Å²) in [4.78, 5) is 26.4. The molecule has 0 saturated carbocycles. The maximum Gasteiger partial charge on any atom is 0.332 e. The minimum atomic E-state index is -0.538. The van der Waals surface area contributed by atoms with Gasteiger partial charge in [-0.15, -0.1) is 0 Å². The fourth-order valence-electron chi connectivity index (χ4n) is 3.58. The number of nitrogens with zero attached hydrogens (tertiary/aromatic N) is 2. The predicted octanol–water partition coefficient (Wildman–Crippen LogP) is 2.59. The average molecular weight is 433 g/mol. The lowest BCUT2D eigenvalue weighted by Crippen LogP contribution is -2.41. The molecule has 0 atom stereocenters. The van der Waals surface area contributed by atoms with Crippen molar-refractivity contribution in [2.45, 2.75) is 13.1 Å². The van der Waals surface area contributed by atoms with Crippen LogP contribution in [0.15, 0.2) is 76.3 Å². The highest BCUT2D eigenvalue weighted by molar-refractivity contribution is 5.83. The zero-order valence-corrected chi connectivity index (χ0v) is 17.5. The summed E-state index contributed by atoms with van der Waals surface area (Å²) in [5.41, 5.74) is 6.33. The van der Waals surface area contributed by atoms with Crippen LogP contribution in [-0.4, -0.2) is 28.0 Å². The molecular weight excluding hydrogens is 410 g/mol. The largest absolute Gasteiger partial charge is 0.506 e. The second-order valence-corrected chi connectivity index (χ2v) is 7.23. The van der Waals surface area contributed by atoms with Gasteiger partial charge in [0.1, 0.15) is 29.4 Å². The van der Waals surface area contributed by atoms with Crippen LogP contribution in [-0.2, 0) is 13.1 Å². The zero-order chi connectivity index (χ0) is 22.7. The smallest absolute Gasteiger partial charge is 0.332 e. The lowest BCUT2D eigenvalue weighted by Gasteiger charge is -2.16. The highest BCUT2D eigenvalue weighted by Gasteiger charge is 2.16. The molecule has 0 amide bonds. The number of phenolic OH excluding ortho intramolecular Hbond substituents is 1. The number of hydrogen-bond donors (Lipinski definition) is 2. The second kappa shape index (κ2) is 8.89. The second-order valence-electron chi connectivity index (χ2n) is 7.23. The standard InChI is InChI=1S/C24H23N3O5/c1-31-17-11-9-16(10-12-17)15-27-23(29)18-5-4-7-20(28)22(18)26(24(27)30)13-14-32-21-8-3-2-6-19(21)25/h2-12,28H,13-15,25H2,1H3. The van der Waals surface area contributed by atoms with Crippen LogP contribution in [0.5, 0.6) is 17.2 Å². The molecule has 164 valence electrons. The van der Waals surface area contributed by atoms with E-state index in [0.717, 1.165) is 10.1 Å². The van der Waals surface area contributed by atoms with Gasteiger partial charge in [0.25, 0.3) is 5.56 Å². The van der Waals surface area contributed by atoms with Crippen LogP contribution in [0.25, 0.3) is 10.9 Å². The Morgan fingerprint density at radius 3 is 2.41 bits per heavy atom. The Kier molecular flexibility index (Phi) is 5.85. The summed E-state index contributed by atoms with van der Waals surface area (Å²) in [5, 5.41) is 10.7. The molecule has 0 spiro atoms. The van der Waals surface area contributed by atoms with Gasteiger partial charge in [0.2, 0.25) is 0 Å². The molecule has 8 nitrogen and oxygen atoms in total. The van der Waals surface area contributed by atoms with Crippen molar-refractivity contribution in [2.75, 3.05) is 19.5 Å². The summed E-state index contributed by atoms with van der Waals surface area (Å²) in [6, 6.07) is 18.8. The molecule has 3 N–H and O–H groups in total. The molecule has 3 aromatic carbocycles. The number of benzene rings is 3. The minimum absolute atomic E-state index is 0.0831. The third-order valence-electron chi connectivity index (χ3n) is 5.21. The number of rotatable bonds is 7. The molecule has 0 radical (unpaired) electrons. The van der Waals surface area contributed by atoms with Crippen molar-refractivity contribution in [1.29, 1.82) is 0 Å². The highest BCUT2D eigenvalue weighted by Crippen LogP contribution is 2.22. The van der Waals surface area contributed by atoms with E-state index in [4.69, 9.17) is 15.2 Å². The number of hydrogen-bond acceptors (Lipinski definition) is 6. The lowest BCUT2D eigenvalue weighted by molar-refractivity contribution is 0.297. The van der Waals surface area contributed by atoms with Gasteiger partial charge >= 0.3 is 5.69 Å². The van der Waals surface area contributed by atoms with Gasteiger partial charge in [-0.25, -0.2) is 4.79 Å². The van der Waals surface area contributed by atoms with Crippen LogP contribution < -0.4 is 26.5 Å². The Hall–Kier alpha value is -4.20. The van der Waals surface area contributed by atoms with Crippen LogP contribution in [0.2, 0.25) is 0 Å². The third kappa shape index (κ3) is 4.02. The molecule has 0 unspecified atom stereocenters. The van der Waals surface area contributed by atoms with Crippen molar-refractivity contribution in [3.8, 4) is 17.2 Å². The van der Waals surface area contributed by atoms with E-state index in [1.807, 2.05) is 0 Å². The molecule has 0 bridgehead atoms. The van der Waals surface area contributed by atoms with Crippen molar-refractivity contribution in [3.05, 3.63) is 93.1 Å². The number of fused-ring (bicyclic) bond motifs is 1. The van der Waals surface area contributed by atoms with Crippen LogP contribution in [0.3, 0.4) is 0 Å². The summed E-state index contributed by atoms with van der Waals surface area (Å²) in [5.74, 6) is 1.03. The normalized spacial score (nSPS) is 10.9. The van der Waals surface area contributed by atoms with Crippen molar-refractivity contribution in [3.63, 3.8) is 0 Å². The number of aromatic nitrogens is 2. The molecule has 1 aromatic heterocycles. The third-order valence-corrected chi connectivity index (χ3v) is 5.21. The molecule has 4 rings (SSSR count). The molecule has 0 aliphatic rings. The van der Waals surface area contributed by atoms with Gasteiger partial charge in [0, 0.05) is 0 Å². The van der Waals surface area contributed by atoms with Crippen molar-refractivity contribution in [2.24, 2.45) is 0 Å². The molecular formula is C24H23N3O5. The highest BCUT2D eigenvalue weighted by atomic mass is 16.5. The first kappa shape index (κ1) is 21.0. The van der Waals surface area contributed by atoms with Gasteiger partial charge in [-0.2, -0.15) is 0 Å². The molecule has 1 heterocycles. The van der Waals surface area contributed by atoms with Crippen LogP contribution in [0.4, 0.5) is 5.69 Å². The van der Waals surface area contributed by atoms with Gasteiger partial charge in [-0.1, -0.05) is 30.3 Å². The average Bonchev–Trinajstić information content (AvgIpc) is 2.80. The summed E-state index contributed by atoms with van der Waals surface area (Å²) in [6.07, 6.45) is 0. The van der Waals surface area contributed by atoms with Crippen LogP contribution in [0, 0.1) is 0 Å². The van der Waals surface area contributed by atoms with Gasteiger partial charge in [-0.3, -0.25) is 13.9 Å². The monoisotopic (exact) mass is 433 g/mol. The number of para-hydroxylation sites is 3. The minimum Gasteiger partial charge on any atom is -0.506 e. The van der Waals surface area contributed by atoms with E-state index in [0.29, 0.717) is 17.2 Å². The molecule has 8 heteroatoms. The molecule has 0 fully saturated rings. The number of nitrogen functional groups attached to an aromatic ring is 1. The number of ether oxygens (including phenoxy) is 2. The summed E-state index contributed by atoms with van der Waals surface area (Å²) in [6.45, 7) is 0.322. The quantitative estimate of drug-likeness (QED) is 0.434. The van der Waals surface area contributed by atoms with Crippen molar-refractivity contribution in [1.82, 2.24) is 9.13 Å². The Morgan fingerprint density at radius 2 is 1.69 bits per heavy atom. The van der Waals surface area contributed by atoms with E-state index in [-0.39, 0.29) is 36.3 Å². The van der Waals surface area contributed by atoms with Crippen molar-refractivity contribution < 1.29 is 14.6 Å². The van der Waals surface area contributed by atoms with Gasteiger partial charge in [-0.05, 0) is 42.0 Å². The van der Waals surface area contributed by atoms with Gasteiger partial charge < -0.3 is 20.3 Å². The summed E-state index contributed by atoms with van der Waals surface area (Å²) < 4.78 is 13.4.